The molecule has 1 aliphatic heterocycles. The molecule has 0 atom stereocenters. The molecule has 1 aliphatic rings. The molecule has 1 aromatic heterocycles. The van der Waals surface area contributed by atoms with Gasteiger partial charge in [-0.25, -0.2) is 0 Å². The zero-order valence-electron chi connectivity index (χ0n) is 17.8. The van der Waals surface area contributed by atoms with Crippen molar-refractivity contribution in [3.63, 3.8) is 0 Å². The van der Waals surface area contributed by atoms with Crippen molar-refractivity contribution in [2.45, 2.75) is 33.4 Å². The van der Waals surface area contributed by atoms with Gasteiger partial charge < -0.3 is 9.64 Å². The van der Waals surface area contributed by atoms with Crippen LogP contribution in [0.5, 0.6) is 5.75 Å². The van der Waals surface area contributed by atoms with E-state index in [0.717, 1.165) is 23.3 Å². The lowest BCUT2D eigenvalue weighted by molar-refractivity contribution is -0.386. The van der Waals surface area contributed by atoms with Crippen molar-refractivity contribution >= 4 is 11.6 Å². The van der Waals surface area contributed by atoms with Gasteiger partial charge in [0.05, 0.1) is 18.6 Å². The number of carbonyl (C=O) groups is 1. The molecule has 4 rings (SSSR count). The van der Waals surface area contributed by atoms with Crippen LogP contribution in [0, 0.1) is 24.0 Å². The summed E-state index contributed by atoms with van der Waals surface area (Å²) in [6, 6.07) is 13.4. The fourth-order valence-corrected chi connectivity index (χ4v) is 4.05. The van der Waals surface area contributed by atoms with Crippen molar-refractivity contribution < 1.29 is 14.5 Å². The van der Waals surface area contributed by atoms with Gasteiger partial charge >= 0.3 is 5.69 Å². The van der Waals surface area contributed by atoms with Crippen LogP contribution < -0.4 is 4.74 Å². The standard InChI is InChI=1S/C23H24N4O4/c1-15-22(27(29)30)16(2)26(24-15)13-17-4-6-19(7-5-17)23(28)25-11-10-18-8-9-21(31-3)12-20(18)14-25/h4-9,12H,10-11,13-14H2,1-3H3. The molecule has 8 nitrogen and oxygen atoms in total. The first-order valence-corrected chi connectivity index (χ1v) is 10.1. The van der Waals surface area contributed by atoms with E-state index in [9.17, 15) is 14.9 Å². The number of ether oxygens (including phenoxy) is 1. The van der Waals surface area contributed by atoms with Crippen molar-refractivity contribution in [2.24, 2.45) is 0 Å². The van der Waals surface area contributed by atoms with Crippen molar-refractivity contribution in [1.82, 2.24) is 14.7 Å². The SMILES string of the molecule is COc1ccc2c(c1)CN(C(=O)c1ccc(Cn3nc(C)c([N+](=O)[O-])c3C)cc1)CC2. The fraction of sp³-hybridized carbons (Fsp3) is 0.304. The highest BCUT2D eigenvalue weighted by Gasteiger charge is 2.23. The molecule has 0 N–H and O–H groups in total. The summed E-state index contributed by atoms with van der Waals surface area (Å²) >= 11 is 0. The maximum atomic E-state index is 13.0. The lowest BCUT2D eigenvalue weighted by Crippen LogP contribution is -2.35. The van der Waals surface area contributed by atoms with E-state index in [4.69, 9.17) is 4.74 Å². The van der Waals surface area contributed by atoms with Gasteiger partial charge in [-0.3, -0.25) is 19.6 Å². The Morgan fingerprint density at radius 2 is 1.90 bits per heavy atom. The Kier molecular flexibility index (Phi) is 5.46. The van der Waals surface area contributed by atoms with Gasteiger partial charge in [-0.15, -0.1) is 0 Å². The van der Waals surface area contributed by atoms with Crippen LogP contribution >= 0.6 is 0 Å². The minimum absolute atomic E-state index is 0.0122. The summed E-state index contributed by atoms with van der Waals surface area (Å²) in [7, 11) is 1.64. The first-order valence-electron chi connectivity index (χ1n) is 10.1. The number of benzene rings is 2. The first kappa shape index (κ1) is 20.6. The number of methoxy groups -OCH3 is 1. The number of aromatic nitrogens is 2. The highest BCUT2D eigenvalue weighted by molar-refractivity contribution is 5.94. The molecule has 0 fully saturated rings. The van der Waals surface area contributed by atoms with Gasteiger partial charge in [0.15, 0.2) is 0 Å². The average Bonchev–Trinajstić information content (AvgIpc) is 3.05. The molecule has 1 amide bonds. The highest BCUT2D eigenvalue weighted by Crippen LogP contribution is 2.25. The fourth-order valence-electron chi connectivity index (χ4n) is 4.05. The summed E-state index contributed by atoms with van der Waals surface area (Å²) in [5.74, 6) is 0.781. The smallest absolute Gasteiger partial charge is 0.312 e. The van der Waals surface area contributed by atoms with Gasteiger partial charge in [0, 0.05) is 18.7 Å². The molecule has 0 saturated heterocycles. The van der Waals surface area contributed by atoms with Gasteiger partial charge in [-0.2, -0.15) is 5.10 Å². The van der Waals surface area contributed by atoms with E-state index >= 15 is 0 Å². The van der Waals surface area contributed by atoms with Crippen molar-refractivity contribution in [1.29, 1.82) is 0 Å². The number of rotatable bonds is 5. The van der Waals surface area contributed by atoms with E-state index in [1.807, 2.05) is 29.2 Å². The third-order valence-electron chi connectivity index (χ3n) is 5.77. The van der Waals surface area contributed by atoms with Crippen LogP contribution in [0.25, 0.3) is 0 Å². The van der Waals surface area contributed by atoms with E-state index in [0.29, 0.717) is 36.6 Å². The maximum Gasteiger partial charge on any atom is 0.312 e. The van der Waals surface area contributed by atoms with E-state index < -0.39 is 4.92 Å². The second-order valence-corrected chi connectivity index (χ2v) is 7.74. The summed E-state index contributed by atoms with van der Waals surface area (Å²) in [6.07, 6.45) is 0.819. The van der Waals surface area contributed by atoms with Crippen LogP contribution in [0.1, 0.15) is 38.4 Å². The molecule has 8 heteroatoms. The summed E-state index contributed by atoms with van der Waals surface area (Å²) in [6.45, 7) is 4.97. The van der Waals surface area contributed by atoms with Crippen LogP contribution in [0.4, 0.5) is 5.69 Å². The Labute approximate surface area is 180 Å². The number of aryl methyl sites for hydroxylation is 1. The molecule has 2 heterocycles. The molecule has 0 radical (unpaired) electrons. The molecule has 160 valence electrons. The molecule has 31 heavy (non-hydrogen) atoms. The van der Waals surface area contributed by atoms with Gasteiger partial charge in [-0.05, 0) is 61.2 Å². The third kappa shape index (κ3) is 4.01. The number of amides is 1. The normalized spacial score (nSPS) is 13.1. The zero-order chi connectivity index (χ0) is 22.1. The largest absolute Gasteiger partial charge is 0.497 e. The third-order valence-corrected chi connectivity index (χ3v) is 5.77. The molecule has 2 aromatic carbocycles. The Balaban J connectivity index is 1.48. The minimum Gasteiger partial charge on any atom is -0.497 e. The van der Waals surface area contributed by atoms with Gasteiger partial charge in [0.2, 0.25) is 0 Å². The summed E-state index contributed by atoms with van der Waals surface area (Å²) in [4.78, 5) is 25.7. The Hall–Kier alpha value is -3.68. The number of nitrogens with zero attached hydrogens (tertiary/aromatic N) is 4. The predicted molar refractivity (Wildman–Crippen MR) is 115 cm³/mol. The molecule has 0 saturated carbocycles. The van der Waals surface area contributed by atoms with Crippen LogP contribution in [0.2, 0.25) is 0 Å². The number of hydrogen-bond donors (Lipinski definition) is 0. The maximum absolute atomic E-state index is 13.0. The van der Waals surface area contributed by atoms with Crippen molar-refractivity contribution in [3.8, 4) is 5.75 Å². The average molecular weight is 420 g/mol. The topological polar surface area (TPSA) is 90.5 Å². The van der Waals surface area contributed by atoms with Crippen LogP contribution in [-0.4, -0.2) is 39.2 Å². The number of hydrogen-bond acceptors (Lipinski definition) is 5. The second kappa shape index (κ2) is 8.22. The molecule has 0 unspecified atom stereocenters. The molecular weight excluding hydrogens is 396 g/mol. The van der Waals surface area contributed by atoms with E-state index in [1.165, 1.54) is 5.56 Å². The van der Waals surface area contributed by atoms with Gasteiger partial charge in [0.1, 0.15) is 17.1 Å². The summed E-state index contributed by atoms with van der Waals surface area (Å²) in [5.41, 5.74) is 4.87. The summed E-state index contributed by atoms with van der Waals surface area (Å²) < 4.78 is 6.93. The van der Waals surface area contributed by atoms with Crippen LogP contribution in [-0.2, 0) is 19.5 Å². The highest BCUT2D eigenvalue weighted by atomic mass is 16.6. The van der Waals surface area contributed by atoms with E-state index in [1.54, 1.807) is 37.8 Å². The van der Waals surface area contributed by atoms with Gasteiger partial charge in [-0.1, -0.05) is 18.2 Å². The van der Waals surface area contributed by atoms with Crippen molar-refractivity contribution in [2.75, 3.05) is 13.7 Å². The Morgan fingerprint density at radius 3 is 2.55 bits per heavy atom. The number of carbonyl (C=O) groups excluding carboxylic acids is 1. The Bertz CT molecular complexity index is 1150. The lowest BCUT2D eigenvalue weighted by Gasteiger charge is -2.29. The lowest BCUT2D eigenvalue weighted by atomic mass is 9.98. The number of nitro groups is 1. The minimum atomic E-state index is -0.401. The van der Waals surface area contributed by atoms with E-state index in [2.05, 4.69) is 11.2 Å². The predicted octanol–water partition coefficient (Wildman–Crippen LogP) is 3.66. The van der Waals surface area contributed by atoms with E-state index in [-0.39, 0.29) is 11.6 Å². The summed E-state index contributed by atoms with van der Waals surface area (Å²) in [5, 5.41) is 15.5. The van der Waals surface area contributed by atoms with Gasteiger partial charge in [0.25, 0.3) is 5.91 Å². The van der Waals surface area contributed by atoms with Crippen LogP contribution in [0.3, 0.4) is 0 Å². The quantitative estimate of drug-likeness (QED) is 0.464. The first-order chi connectivity index (χ1) is 14.9. The molecule has 0 bridgehead atoms. The zero-order valence-corrected chi connectivity index (χ0v) is 17.8. The molecular formula is C23H24N4O4. The van der Waals surface area contributed by atoms with Crippen molar-refractivity contribution in [3.05, 3.63) is 86.2 Å². The Morgan fingerprint density at radius 1 is 1.16 bits per heavy atom. The monoisotopic (exact) mass is 420 g/mol. The second-order valence-electron chi connectivity index (χ2n) is 7.74. The molecule has 0 aliphatic carbocycles. The van der Waals surface area contributed by atoms with Crippen LogP contribution in [0.15, 0.2) is 42.5 Å². The molecule has 3 aromatic rings. The number of fused-ring (bicyclic) bond motifs is 1. The molecule has 0 spiro atoms.